The number of hydrogen-bond acceptors (Lipinski definition) is 3. The second-order valence-corrected chi connectivity index (χ2v) is 2.90. The summed E-state index contributed by atoms with van der Waals surface area (Å²) in [6, 6.07) is 0. The number of nitrogen functional groups attached to an aromatic ring is 1. The van der Waals surface area contributed by atoms with Crippen LogP contribution in [-0.4, -0.2) is 22.3 Å². The Morgan fingerprint density at radius 2 is 2.42 bits per heavy atom. The monoisotopic (exact) mass is 169 g/mol. The lowest BCUT2D eigenvalue weighted by molar-refractivity contribution is 0.0730. The third-order valence-electron chi connectivity index (χ3n) is 1.53. The molecule has 1 aromatic rings. The molecule has 0 aliphatic rings. The molecule has 0 bridgehead atoms. The summed E-state index contributed by atoms with van der Waals surface area (Å²) in [5.74, 6) is 0.544. The molecule has 68 valence electrons. The molecule has 1 heterocycles. The van der Waals surface area contributed by atoms with E-state index in [0.717, 1.165) is 6.54 Å². The number of nitrogens with zero attached hydrogens (tertiary/aromatic N) is 2. The van der Waals surface area contributed by atoms with E-state index in [0.29, 0.717) is 12.6 Å². The number of nitrogens with two attached hydrogens (primary N) is 1. The van der Waals surface area contributed by atoms with E-state index in [1.165, 1.54) is 0 Å². The van der Waals surface area contributed by atoms with Crippen LogP contribution in [0.4, 0.5) is 5.95 Å². The number of aromatic nitrogens is 2. The SMILES string of the molecule is CC(C)OCCn1ccnc1N. The van der Waals surface area contributed by atoms with Crippen LogP contribution in [0.2, 0.25) is 0 Å². The van der Waals surface area contributed by atoms with Crippen LogP contribution in [0.1, 0.15) is 13.8 Å². The first kappa shape index (κ1) is 9.06. The predicted octanol–water partition coefficient (Wildman–Crippen LogP) is 0.890. The standard InChI is InChI=1S/C8H15N3O/c1-7(2)12-6-5-11-4-3-10-8(11)9/h3-4,7H,5-6H2,1-2H3,(H2,9,10). The lowest BCUT2D eigenvalue weighted by Gasteiger charge is -2.08. The summed E-state index contributed by atoms with van der Waals surface area (Å²) in [5.41, 5.74) is 5.55. The van der Waals surface area contributed by atoms with Gasteiger partial charge in [-0.1, -0.05) is 0 Å². The van der Waals surface area contributed by atoms with Crippen molar-refractivity contribution < 1.29 is 4.74 Å². The van der Waals surface area contributed by atoms with Gasteiger partial charge in [0.1, 0.15) is 0 Å². The molecule has 1 aromatic heterocycles. The van der Waals surface area contributed by atoms with Crippen molar-refractivity contribution >= 4 is 5.95 Å². The Bertz CT molecular complexity index is 232. The number of rotatable bonds is 4. The fraction of sp³-hybridized carbons (Fsp3) is 0.625. The third-order valence-corrected chi connectivity index (χ3v) is 1.53. The van der Waals surface area contributed by atoms with Crippen LogP contribution in [0.25, 0.3) is 0 Å². The summed E-state index contributed by atoms with van der Waals surface area (Å²) in [5, 5.41) is 0. The molecule has 0 radical (unpaired) electrons. The molecule has 0 aliphatic carbocycles. The Balaban J connectivity index is 2.29. The molecule has 0 spiro atoms. The quantitative estimate of drug-likeness (QED) is 0.728. The number of imidazole rings is 1. The lowest BCUT2D eigenvalue weighted by Crippen LogP contribution is -2.11. The van der Waals surface area contributed by atoms with E-state index in [-0.39, 0.29) is 6.10 Å². The van der Waals surface area contributed by atoms with Gasteiger partial charge >= 0.3 is 0 Å². The van der Waals surface area contributed by atoms with Crippen LogP contribution < -0.4 is 5.73 Å². The Morgan fingerprint density at radius 3 is 2.92 bits per heavy atom. The Kier molecular flexibility index (Phi) is 3.10. The highest BCUT2D eigenvalue weighted by molar-refractivity contribution is 5.16. The van der Waals surface area contributed by atoms with Crippen molar-refractivity contribution in [3.63, 3.8) is 0 Å². The Labute approximate surface area is 72.3 Å². The Morgan fingerprint density at radius 1 is 1.67 bits per heavy atom. The largest absolute Gasteiger partial charge is 0.377 e. The van der Waals surface area contributed by atoms with Gasteiger partial charge in [0.05, 0.1) is 12.7 Å². The maximum Gasteiger partial charge on any atom is 0.200 e. The van der Waals surface area contributed by atoms with Gasteiger partial charge in [-0.05, 0) is 13.8 Å². The van der Waals surface area contributed by atoms with Crippen molar-refractivity contribution in [1.82, 2.24) is 9.55 Å². The van der Waals surface area contributed by atoms with E-state index in [4.69, 9.17) is 10.5 Å². The van der Waals surface area contributed by atoms with Crippen molar-refractivity contribution in [1.29, 1.82) is 0 Å². The summed E-state index contributed by atoms with van der Waals surface area (Å²) in [6.45, 7) is 5.47. The number of ether oxygens (including phenoxy) is 1. The van der Waals surface area contributed by atoms with Crippen molar-refractivity contribution in [2.45, 2.75) is 26.5 Å². The third kappa shape index (κ3) is 2.54. The van der Waals surface area contributed by atoms with E-state index in [1.807, 2.05) is 24.6 Å². The number of hydrogen-bond donors (Lipinski definition) is 1. The van der Waals surface area contributed by atoms with Gasteiger partial charge in [-0.3, -0.25) is 0 Å². The summed E-state index contributed by atoms with van der Waals surface area (Å²) >= 11 is 0. The van der Waals surface area contributed by atoms with Gasteiger partial charge in [-0.25, -0.2) is 4.98 Å². The second-order valence-electron chi connectivity index (χ2n) is 2.90. The summed E-state index contributed by atoms with van der Waals surface area (Å²) < 4.78 is 7.23. The molecule has 4 heteroatoms. The van der Waals surface area contributed by atoms with Crippen LogP contribution in [0.5, 0.6) is 0 Å². The molecule has 0 atom stereocenters. The first-order chi connectivity index (χ1) is 5.70. The zero-order valence-electron chi connectivity index (χ0n) is 7.53. The van der Waals surface area contributed by atoms with Crippen molar-refractivity contribution in [3.8, 4) is 0 Å². The maximum absolute atomic E-state index is 5.55. The molecule has 4 nitrogen and oxygen atoms in total. The molecule has 0 fully saturated rings. The normalized spacial score (nSPS) is 10.9. The second kappa shape index (κ2) is 4.11. The van der Waals surface area contributed by atoms with Crippen LogP contribution in [-0.2, 0) is 11.3 Å². The summed E-state index contributed by atoms with van der Waals surface area (Å²) in [7, 11) is 0. The zero-order chi connectivity index (χ0) is 8.97. The van der Waals surface area contributed by atoms with Gasteiger partial charge in [0.15, 0.2) is 5.95 Å². The molecule has 0 aromatic carbocycles. The molecule has 0 amide bonds. The lowest BCUT2D eigenvalue weighted by atomic mass is 10.5. The van der Waals surface area contributed by atoms with Gasteiger partial charge < -0.3 is 15.0 Å². The average molecular weight is 169 g/mol. The predicted molar refractivity (Wildman–Crippen MR) is 47.7 cm³/mol. The first-order valence-electron chi connectivity index (χ1n) is 4.08. The molecular formula is C8H15N3O. The van der Waals surface area contributed by atoms with E-state index < -0.39 is 0 Å². The fourth-order valence-electron chi connectivity index (χ4n) is 0.917. The highest BCUT2D eigenvalue weighted by atomic mass is 16.5. The van der Waals surface area contributed by atoms with Crippen molar-refractivity contribution in [2.24, 2.45) is 0 Å². The first-order valence-corrected chi connectivity index (χ1v) is 4.08. The molecular weight excluding hydrogens is 154 g/mol. The fourth-order valence-corrected chi connectivity index (χ4v) is 0.917. The summed E-state index contributed by atoms with van der Waals surface area (Å²) in [4.78, 5) is 3.90. The molecule has 12 heavy (non-hydrogen) atoms. The smallest absolute Gasteiger partial charge is 0.200 e. The van der Waals surface area contributed by atoms with E-state index in [1.54, 1.807) is 6.20 Å². The molecule has 1 rings (SSSR count). The van der Waals surface area contributed by atoms with Gasteiger partial charge in [0.25, 0.3) is 0 Å². The topological polar surface area (TPSA) is 53.1 Å². The number of anilines is 1. The van der Waals surface area contributed by atoms with Crippen LogP contribution in [0.15, 0.2) is 12.4 Å². The molecule has 0 saturated carbocycles. The maximum atomic E-state index is 5.55. The average Bonchev–Trinajstić information content (AvgIpc) is 2.36. The van der Waals surface area contributed by atoms with E-state index in [2.05, 4.69) is 4.98 Å². The van der Waals surface area contributed by atoms with Gasteiger partial charge in [-0.15, -0.1) is 0 Å². The van der Waals surface area contributed by atoms with Crippen molar-refractivity contribution in [2.75, 3.05) is 12.3 Å². The highest BCUT2D eigenvalue weighted by Gasteiger charge is 1.97. The molecule has 0 saturated heterocycles. The van der Waals surface area contributed by atoms with E-state index >= 15 is 0 Å². The van der Waals surface area contributed by atoms with Gasteiger partial charge in [0.2, 0.25) is 0 Å². The molecule has 2 N–H and O–H groups in total. The van der Waals surface area contributed by atoms with E-state index in [9.17, 15) is 0 Å². The van der Waals surface area contributed by atoms with Gasteiger partial charge in [-0.2, -0.15) is 0 Å². The van der Waals surface area contributed by atoms with Crippen LogP contribution in [0.3, 0.4) is 0 Å². The molecule has 0 aliphatic heterocycles. The minimum absolute atomic E-state index is 0.273. The van der Waals surface area contributed by atoms with Crippen molar-refractivity contribution in [3.05, 3.63) is 12.4 Å². The minimum atomic E-state index is 0.273. The Hall–Kier alpha value is -1.03. The molecule has 0 unspecified atom stereocenters. The van der Waals surface area contributed by atoms with Crippen LogP contribution in [0, 0.1) is 0 Å². The van der Waals surface area contributed by atoms with Gasteiger partial charge in [0, 0.05) is 18.9 Å². The zero-order valence-corrected chi connectivity index (χ0v) is 7.53. The minimum Gasteiger partial charge on any atom is -0.377 e. The highest BCUT2D eigenvalue weighted by Crippen LogP contribution is 1.98. The van der Waals surface area contributed by atoms with Crippen LogP contribution >= 0.6 is 0 Å². The summed E-state index contributed by atoms with van der Waals surface area (Å²) in [6.07, 6.45) is 3.80.